The maximum Gasteiger partial charge on any atom is 0.329 e. The van der Waals surface area contributed by atoms with E-state index in [0.717, 1.165) is 6.26 Å². The molecule has 0 bridgehead atoms. The van der Waals surface area contributed by atoms with Crippen LogP contribution >= 0.6 is 0 Å². The van der Waals surface area contributed by atoms with Gasteiger partial charge in [-0.1, -0.05) is 13.3 Å². The van der Waals surface area contributed by atoms with E-state index in [9.17, 15) is 18.0 Å². The van der Waals surface area contributed by atoms with Crippen LogP contribution in [0.25, 0.3) is 0 Å². The number of urea groups is 1. The molecule has 1 unspecified atom stereocenters. The molecule has 1 atom stereocenters. The lowest BCUT2D eigenvalue weighted by Crippen LogP contribution is -2.55. The van der Waals surface area contributed by atoms with Gasteiger partial charge >= 0.3 is 12.0 Å². The van der Waals surface area contributed by atoms with Crippen molar-refractivity contribution in [2.45, 2.75) is 38.6 Å². The number of aliphatic carboxylic acids is 1. The number of amides is 2. The summed E-state index contributed by atoms with van der Waals surface area (Å²) in [7, 11) is -3.05. The summed E-state index contributed by atoms with van der Waals surface area (Å²) in [5.74, 6) is -1.11. The Balaban J connectivity index is 4.19. The maximum atomic E-state index is 11.5. The Hall–Kier alpha value is -1.31. The highest BCUT2D eigenvalue weighted by Gasteiger charge is 2.33. The highest BCUT2D eigenvalue weighted by atomic mass is 32.2. The van der Waals surface area contributed by atoms with Crippen molar-refractivity contribution in [2.24, 2.45) is 0 Å². The molecule has 0 spiro atoms. The van der Waals surface area contributed by atoms with E-state index in [-0.39, 0.29) is 12.3 Å². The zero-order chi connectivity index (χ0) is 15.1. The van der Waals surface area contributed by atoms with E-state index < -0.39 is 27.4 Å². The Kier molecular flexibility index (Phi) is 6.82. The van der Waals surface area contributed by atoms with Gasteiger partial charge in [-0.2, -0.15) is 0 Å². The Morgan fingerprint density at radius 3 is 2.32 bits per heavy atom. The van der Waals surface area contributed by atoms with Gasteiger partial charge in [0.2, 0.25) is 0 Å². The number of hydrogen-bond donors (Lipinski definition) is 3. The van der Waals surface area contributed by atoms with Crippen molar-refractivity contribution >= 4 is 21.8 Å². The van der Waals surface area contributed by atoms with E-state index in [1.54, 1.807) is 0 Å². The number of nitrogens with one attached hydrogen (secondary N) is 2. The number of carboxylic acids is 1. The lowest BCUT2D eigenvalue weighted by molar-refractivity contribution is -0.144. The van der Waals surface area contributed by atoms with Crippen molar-refractivity contribution in [3.8, 4) is 0 Å². The summed E-state index contributed by atoms with van der Waals surface area (Å²) in [5, 5.41) is 13.9. The number of sulfone groups is 1. The first-order chi connectivity index (χ1) is 8.60. The summed E-state index contributed by atoms with van der Waals surface area (Å²) in [6, 6.07) is -0.605. The predicted octanol–water partition coefficient (Wildman–Crippen LogP) is 0.364. The van der Waals surface area contributed by atoms with Gasteiger partial charge in [-0.15, -0.1) is 0 Å². The molecule has 0 aliphatic carbocycles. The van der Waals surface area contributed by atoms with Crippen molar-refractivity contribution in [1.82, 2.24) is 10.6 Å². The molecule has 0 aromatic rings. The third-order valence-corrected chi connectivity index (χ3v) is 3.62. The largest absolute Gasteiger partial charge is 0.480 e. The molecule has 0 aromatic heterocycles. The van der Waals surface area contributed by atoms with Crippen LogP contribution in [-0.2, 0) is 14.6 Å². The monoisotopic (exact) mass is 294 g/mol. The predicted molar refractivity (Wildman–Crippen MR) is 71.8 cm³/mol. The molecule has 8 heteroatoms. The second-order valence-electron chi connectivity index (χ2n) is 4.75. The van der Waals surface area contributed by atoms with Crippen LogP contribution < -0.4 is 10.6 Å². The van der Waals surface area contributed by atoms with E-state index in [1.165, 1.54) is 6.92 Å². The first-order valence-electron chi connectivity index (χ1n) is 6.08. The summed E-state index contributed by atoms with van der Waals surface area (Å²) in [4.78, 5) is 22.6. The molecule has 0 aliphatic rings. The van der Waals surface area contributed by atoms with Crippen LogP contribution in [0.3, 0.4) is 0 Å². The van der Waals surface area contributed by atoms with E-state index in [0.29, 0.717) is 19.3 Å². The molecule has 3 N–H and O–H groups in total. The molecule has 0 radical (unpaired) electrons. The Labute approximate surface area is 113 Å². The maximum absolute atomic E-state index is 11.5. The van der Waals surface area contributed by atoms with Crippen LogP contribution in [0.4, 0.5) is 4.79 Å². The summed E-state index contributed by atoms with van der Waals surface area (Å²) in [6.07, 6.45) is 2.36. The molecule has 0 aromatic carbocycles. The van der Waals surface area contributed by atoms with Gasteiger partial charge in [0, 0.05) is 12.8 Å². The summed E-state index contributed by atoms with van der Waals surface area (Å²) in [5.41, 5.74) is -1.31. The SMILES string of the molecule is CCCC(C)(NC(=O)NCCCS(C)(=O)=O)C(=O)O. The topological polar surface area (TPSA) is 113 Å². The summed E-state index contributed by atoms with van der Waals surface area (Å²) < 4.78 is 21.7. The zero-order valence-electron chi connectivity index (χ0n) is 11.5. The molecule has 0 saturated carbocycles. The standard InChI is InChI=1S/C11H22N2O5S/c1-4-6-11(2,9(14)15)13-10(16)12-7-5-8-19(3,17)18/h4-8H2,1-3H3,(H,14,15)(H2,12,13,16). The number of rotatable bonds is 8. The van der Waals surface area contributed by atoms with Gasteiger partial charge in [0.25, 0.3) is 0 Å². The lowest BCUT2D eigenvalue weighted by atomic mass is 9.97. The van der Waals surface area contributed by atoms with Crippen LogP contribution in [0, 0.1) is 0 Å². The fourth-order valence-corrected chi connectivity index (χ4v) is 2.22. The first-order valence-corrected chi connectivity index (χ1v) is 8.14. The van der Waals surface area contributed by atoms with Gasteiger partial charge in [0.05, 0.1) is 5.75 Å². The second kappa shape index (κ2) is 7.32. The van der Waals surface area contributed by atoms with Crippen molar-refractivity contribution in [1.29, 1.82) is 0 Å². The highest BCUT2D eigenvalue weighted by Crippen LogP contribution is 2.12. The number of hydrogen-bond acceptors (Lipinski definition) is 4. The van der Waals surface area contributed by atoms with E-state index >= 15 is 0 Å². The minimum absolute atomic E-state index is 0.0154. The van der Waals surface area contributed by atoms with Crippen molar-refractivity contribution in [3.63, 3.8) is 0 Å². The van der Waals surface area contributed by atoms with E-state index in [1.807, 2.05) is 6.92 Å². The number of carboxylic acid groups (broad SMARTS) is 1. The van der Waals surface area contributed by atoms with Crippen LogP contribution in [0.1, 0.15) is 33.1 Å². The van der Waals surface area contributed by atoms with Gasteiger partial charge in [-0.3, -0.25) is 0 Å². The van der Waals surface area contributed by atoms with E-state index in [4.69, 9.17) is 5.11 Å². The molecular weight excluding hydrogens is 272 g/mol. The second-order valence-corrected chi connectivity index (χ2v) is 7.01. The molecule has 112 valence electrons. The van der Waals surface area contributed by atoms with Gasteiger partial charge < -0.3 is 15.7 Å². The molecular formula is C11H22N2O5S. The van der Waals surface area contributed by atoms with Crippen molar-refractivity contribution in [3.05, 3.63) is 0 Å². The molecule has 0 fully saturated rings. The third kappa shape index (κ3) is 7.66. The Morgan fingerprint density at radius 2 is 1.89 bits per heavy atom. The number of carbonyl (C=O) groups is 2. The molecule has 0 saturated heterocycles. The van der Waals surface area contributed by atoms with Crippen molar-refractivity contribution in [2.75, 3.05) is 18.6 Å². The number of carbonyl (C=O) groups excluding carboxylic acids is 1. The molecule has 0 aliphatic heterocycles. The normalized spacial score (nSPS) is 14.5. The van der Waals surface area contributed by atoms with Crippen LogP contribution in [0.15, 0.2) is 0 Å². The smallest absolute Gasteiger partial charge is 0.329 e. The molecule has 7 nitrogen and oxygen atoms in total. The quantitative estimate of drug-likeness (QED) is 0.560. The zero-order valence-corrected chi connectivity index (χ0v) is 12.3. The van der Waals surface area contributed by atoms with Crippen LogP contribution in [-0.4, -0.2) is 49.6 Å². The Bertz CT molecular complexity index is 421. The van der Waals surface area contributed by atoms with Gasteiger partial charge in [0.1, 0.15) is 15.4 Å². The third-order valence-electron chi connectivity index (χ3n) is 2.59. The first kappa shape index (κ1) is 17.7. The lowest BCUT2D eigenvalue weighted by Gasteiger charge is -2.25. The summed E-state index contributed by atoms with van der Waals surface area (Å²) in [6.45, 7) is 3.45. The fourth-order valence-electron chi connectivity index (χ4n) is 1.55. The highest BCUT2D eigenvalue weighted by molar-refractivity contribution is 7.90. The van der Waals surface area contributed by atoms with Gasteiger partial charge in [-0.25, -0.2) is 18.0 Å². The molecule has 0 heterocycles. The minimum atomic E-state index is -3.05. The van der Waals surface area contributed by atoms with Gasteiger partial charge in [0.15, 0.2) is 0 Å². The van der Waals surface area contributed by atoms with Crippen LogP contribution in [0.5, 0.6) is 0 Å². The minimum Gasteiger partial charge on any atom is -0.480 e. The van der Waals surface area contributed by atoms with Gasteiger partial charge in [-0.05, 0) is 19.8 Å². The average molecular weight is 294 g/mol. The molecule has 2 amide bonds. The van der Waals surface area contributed by atoms with Crippen LogP contribution in [0.2, 0.25) is 0 Å². The molecule has 19 heavy (non-hydrogen) atoms. The average Bonchev–Trinajstić information content (AvgIpc) is 2.23. The fraction of sp³-hybridized carbons (Fsp3) is 0.818. The molecule has 0 rings (SSSR count). The summed E-state index contributed by atoms with van der Waals surface area (Å²) >= 11 is 0. The van der Waals surface area contributed by atoms with E-state index in [2.05, 4.69) is 10.6 Å². The van der Waals surface area contributed by atoms with Crippen molar-refractivity contribution < 1.29 is 23.1 Å². The Morgan fingerprint density at radius 1 is 1.32 bits per heavy atom.